The molecule has 104 valence electrons. The number of benzene rings is 1. The minimum absolute atomic E-state index is 0.214. The summed E-state index contributed by atoms with van der Waals surface area (Å²) in [5, 5.41) is 11.1. The zero-order chi connectivity index (χ0) is 14.3. The Morgan fingerprint density at radius 2 is 1.79 bits per heavy atom. The van der Waals surface area contributed by atoms with E-state index in [-0.39, 0.29) is 12.3 Å². The Kier molecular flexibility index (Phi) is 6.06. The number of carbonyl (C=O) groups is 2. The van der Waals surface area contributed by atoms with E-state index >= 15 is 0 Å². The maximum absolute atomic E-state index is 11.6. The highest BCUT2D eigenvalue weighted by Crippen LogP contribution is 2.08. The first kappa shape index (κ1) is 15.2. The molecule has 19 heavy (non-hydrogen) atoms. The Bertz CT molecular complexity index is 426. The molecule has 0 saturated heterocycles. The highest BCUT2D eigenvalue weighted by atomic mass is 16.4. The van der Waals surface area contributed by atoms with Crippen LogP contribution in [0.1, 0.15) is 37.8 Å². The van der Waals surface area contributed by atoms with Crippen LogP contribution in [0.2, 0.25) is 0 Å². The second kappa shape index (κ2) is 7.56. The maximum Gasteiger partial charge on any atom is 0.325 e. The van der Waals surface area contributed by atoms with E-state index in [1.165, 1.54) is 12.5 Å². The molecule has 4 heteroatoms. The SMILES string of the molecule is CCCCc1ccc(CC(=O)N[C@H](C)C(=O)O)cc1. The van der Waals surface area contributed by atoms with Crippen LogP contribution in [0.15, 0.2) is 24.3 Å². The Morgan fingerprint density at radius 3 is 2.32 bits per heavy atom. The van der Waals surface area contributed by atoms with E-state index < -0.39 is 12.0 Å². The molecule has 2 N–H and O–H groups in total. The fourth-order valence-electron chi connectivity index (χ4n) is 1.74. The summed E-state index contributed by atoms with van der Waals surface area (Å²) in [7, 11) is 0. The van der Waals surface area contributed by atoms with E-state index in [9.17, 15) is 9.59 Å². The second-order valence-corrected chi connectivity index (χ2v) is 4.72. The Labute approximate surface area is 113 Å². The van der Waals surface area contributed by atoms with Crippen LogP contribution in [0.5, 0.6) is 0 Å². The Morgan fingerprint density at radius 1 is 1.21 bits per heavy atom. The number of hydrogen-bond acceptors (Lipinski definition) is 2. The molecule has 1 amide bonds. The lowest BCUT2D eigenvalue weighted by Crippen LogP contribution is -2.39. The van der Waals surface area contributed by atoms with Crippen molar-refractivity contribution in [2.24, 2.45) is 0 Å². The van der Waals surface area contributed by atoms with Crippen LogP contribution in [-0.2, 0) is 22.4 Å². The molecule has 0 fully saturated rings. The molecule has 1 atom stereocenters. The van der Waals surface area contributed by atoms with Crippen LogP contribution in [0.4, 0.5) is 0 Å². The van der Waals surface area contributed by atoms with Gasteiger partial charge in [-0.2, -0.15) is 0 Å². The smallest absolute Gasteiger partial charge is 0.325 e. The number of hydrogen-bond donors (Lipinski definition) is 2. The number of carboxylic acids is 1. The highest BCUT2D eigenvalue weighted by Gasteiger charge is 2.13. The van der Waals surface area contributed by atoms with Gasteiger partial charge in [0.1, 0.15) is 6.04 Å². The summed E-state index contributed by atoms with van der Waals surface area (Å²) in [5.74, 6) is -1.29. The molecule has 0 radical (unpaired) electrons. The van der Waals surface area contributed by atoms with Gasteiger partial charge in [-0.1, -0.05) is 37.6 Å². The summed E-state index contributed by atoms with van der Waals surface area (Å²) < 4.78 is 0. The third kappa shape index (κ3) is 5.55. The molecule has 0 saturated carbocycles. The lowest BCUT2D eigenvalue weighted by atomic mass is 10.0. The van der Waals surface area contributed by atoms with Gasteiger partial charge in [-0.3, -0.25) is 9.59 Å². The quantitative estimate of drug-likeness (QED) is 0.792. The Balaban J connectivity index is 2.48. The summed E-state index contributed by atoms with van der Waals surface area (Å²) in [6, 6.07) is 7.06. The lowest BCUT2D eigenvalue weighted by Gasteiger charge is -2.09. The van der Waals surface area contributed by atoms with Crippen molar-refractivity contribution in [3.05, 3.63) is 35.4 Å². The van der Waals surface area contributed by atoms with Crippen LogP contribution in [0.25, 0.3) is 0 Å². The molecule has 0 aliphatic heterocycles. The number of aliphatic carboxylic acids is 1. The van der Waals surface area contributed by atoms with Gasteiger partial charge in [0.2, 0.25) is 5.91 Å². The minimum Gasteiger partial charge on any atom is -0.480 e. The molecule has 4 nitrogen and oxygen atoms in total. The first-order valence-corrected chi connectivity index (χ1v) is 6.63. The largest absolute Gasteiger partial charge is 0.480 e. The van der Waals surface area contributed by atoms with Crippen molar-refractivity contribution in [2.45, 2.75) is 45.6 Å². The molecule has 0 aliphatic rings. The van der Waals surface area contributed by atoms with Gasteiger partial charge in [-0.05, 0) is 30.9 Å². The molecule has 0 aromatic heterocycles. The molecule has 1 aromatic rings. The maximum atomic E-state index is 11.6. The number of carboxylic acid groups (broad SMARTS) is 1. The molecular weight excluding hydrogens is 242 g/mol. The van der Waals surface area contributed by atoms with Gasteiger partial charge >= 0.3 is 5.97 Å². The monoisotopic (exact) mass is 263 g/mol. The van der Waals surface area contributed by atoms with E-state index in [2.05, 4.69) is 12.2 Å². The van der Waals surface area contributed by atoms with Crippen LogP contribution in [0.3, 0.4) is 0 Å². The summed E-state index contributed by atoms with van der Waals surface area (Å²) in [6.07, 6.45) is 3.60. The second-order valence-electron chi connectivity index (χ2n) is 4.72. The van der Waals surface area contributed by atoms with Crippen molar-refractivity contribution in [1.82, 2.24) is 5.32 Å². The molecule has 1 aromatic carbocycles. The summed E-state index contributed by atoms with van der Waals surface area (Å²) in [6.45, 7) is 3.61. The van der Waals surface area contributed by atoms with Crippen molar-refractivity contribution in [1.29, 1.82) is 0 Å². The fourth-order valence-corrected chi connectivity index (χ4v) is 1.74. The third-order valence-electron chi connectivity index (χ3n) is 2.95. The number of unbranched alkanes of at least 4 members (excludes halogenated alkanes) is 1. The van der Waals surface area contributed by atoms with Crippen molar-refractivity contribution >= 4 is 11.9 Å². The van der Waals surface area contributed by atoms with E-state index in [4.69, 9.17) is 5.11 Å². The van der Waals surface area contributed by atoms with Crippen molar-refractivity contribution < 1.29 is 14.7 Å². The predicted octanol–water partition coefficient (Wildman–Crippen LogP) is 2.16. The molecular formula is C15H21NO3. The number of carbonyl (C=O) groups excluding carboxylic acids is 1. The topological polar surface area (TPSA) is 66.4 Å². The van der Waals surface area contributed by atoms with Gasteiger partial charge in [0.05, 0.1) is 6.42 Å². The number of nitrogens with one attached hydrogen (secondary N) is 1. The van der Waals surface area contributed by atoms with Crippen LogP contribution in [-0.4, -0.2) is 23.0 Å². The minimum atomic E-state index is -1.02. The number of rotatable bonds is 7. The zero-order valence-corrected chi connectivity index (χ0v) is 11.5. The van der Waals surface area contributed by atoms with E-state index in [0.717, 1.165) is 24.8 Å². The van der Waals surface area contributed by atoms with Gasteiger partial charge in [-0.15, -0.1) is 0 Å². The molecule has 0 unspecified atom stereocenters. The van der Waals surface area contributed by atoms with Crippen LogP contribution in [0, 0.1) is 0 Å². The summed E-state index contributed by atoms with van der Waals surface area (Å²) in [5.41, 5.74) is 2.17. The first-order valence-electron chi connectivity index (χ1n) is 6.63. The predicted molar refractivity (Wildman–Crippen MR) is 74.0 cm³/mol. The van der Waals surface area contributed by atoms with E-state index in [1.807, 2.05) is 24.3 Å². The first-order chi connectivity index (χ1) is 9.02. The third-order valence-corrected chi connectivity index (χ3v) is 2.95. The van der Waals surface area contributed by atoms with Gasteiger partial charge in [0.25, 0.3) is 0 Å². The fraction of sp³-hybridized carbons (Fsp3) is 0.467. The standard InChI is InChI=1S/C15H21NO3/c1-3-4-5-12-6-8-13(9-7-12)10-14(17)16-11(2)15(18)19/h6-9,11H,3-5,10H2,1-2H3,(H,16,17)(H,18,19)/t11-/m1/s1. The summed E-state index contributed by atoms with van der Waals surface area (Å²) in [4.78, 5) is 22.2. The summed E-state index contributed by atoms with van der Waals surface area (Å²) >= 11 is 0. The highest BCUT2D eigenvalue weighted by molar-refractivity contribution is 5.84. The molecule has 0 heterocycles. The van der Waals surface area contributed by atoms with E-state index in [1.54, 1.807) is 0 Å². The normalized spacial score (nSPS) is 11.9. The van der Waals surface area contributed by atoms with Crippen molar-refractivity contribution in [3.63, 3.8) is 0 Å². The van der Waals surface area contributed by atoms with Crippen LogP contribution >= 0.6 is 0 Å². The van der Waals surface area contributed by atoms with Gasteiger partial charge in [0.15, 0.2) is 0 Å². The molecule has 0 spiro atoms. The van der Waals surface area contributed by atoms with Crippen LogP contribution < -0.4 is 5.32 Å². The zero-order valence-electron chi connectivity index (χ0n) is 11.5. The number of amides is 1. The van der Waals surface area contributed by atoms with Crippen molar-refractivity contribution in [3.8, 4) is 0 Å². The lowest BCUT2D eigenvalue weighted by molar-refractivity contribution is -0.141. The Hall–Kier alpha value is -1.84. The molecule has 1 rings (SSSR count). The van der Waals surface area contributed by atoms with Crippen molar-refractivity contribution in [2.75, 3.05) is 0 Å². The van der Waals surface area contributed by atoms with E-state index in [0.29, 0.717) is 0 Å². The molecule has 0 bridgehead atoms. The van der Waals surface area contributed by atoms with Gasteiger partial charge in [0, 0.05) is 0 Å². The van der Waals surface area contributed by atoms with Gasteiger partial charge < -0.3 is 10.4 Å². The average molecular weight is 263 g/mol. The average Bonchev–Trinajstić information content (AvgIpc) is 2.37. The molecule has 0 aliphatic carbocycles. The number of aryl methyl sites for hydroxylation is 1. The van der Waals surface area contributed by atoms with Gasteiger partial charge in [-0.25, -0.2) is 0 Å².